The summed E-state index contributed by atoms with van der Waals surface area (Å²) in [7, 11) is 0. The predicted octanol–water partition coefficient (Wildman–Crippen LogP) is 1.50. The highest BCUT2D eigenvalue weighted by Crippen LogP contribution is 2.31. The van der Waals surface area contributed by atoms with Gasteiger partial charge >= 0.3 is 6.18 Å². The molecule has 0 atom stereocenters. The molecule has 0 spiro atoms. The van der Waals surface area contributed by atoms with Crippen molar-refractivity contribution in [1.29, 1.82) is 0 Å². The van der Waals surface area contributed by atoms with Crippen molar-refractivity contribution in [3.8, 4) is 0 Å². The van der Waals surface area contributed by atoms with Gasteiger partial charge in [-0.3, -0.25) is 0 Å². The Hall–Kier alpha value is -1.27. The molecule has 2 N–H and O–H groups in total. The number of halogens is 3. The second-order valence-electron chi connectivity index (χ2n) is 3.48. The first-order chi connectivity index (χ1) is 7.99. The van der Waals surface area contributed by atoms with E-state index >= 15 is 0 Å². The van der Waals surface area contributed by atoms with Gasteiger partial charge in [-0.05, 0) is 18.2 Å². The molecule has 0 aliphatic heterocycles. The second kappa shape index (κ2) is 5.88. The minimum absolute atomic E-state index is 0.182. The molecule has 0 aliphatic carbocycles. The summed E-state index contributed by atoms with van der Waals surface area (Å²) >= 11 is 0. The van der Waals surface area contributed by atoms with Crippen LogP contribution in [0.3, 0.4) is 0 Å². The monoisotopic (exact) mass is 249 g/mol. The molecule has 0 aromatic heterocycles. The number of benzene rings is 1. The lowest BCUT2D eigenvalue weighted by molar-refractivity contribution is -0.137. The summed E-state index contributed by atoms with van der Waals surface area (Å²) in [6, 6.07) is 4.81. The molecule has 0 fully saturated rings. The molecule has 1 aromatic carbocycles. The molecule has 0 bridgehead atoms. The number of alkyl halides is 3. The highest BCUT2D eigenvalue weighted by Gasteiger charge is 2.30. The lowest BCUT2D eigenvalue weighted by Crippen LogP contribution is -2.29. The maximum absolute atomic E-state index is 12.5. The molecule has 96 valence electrons. The van der Waals surface area contributed by atoms with Gasteiger partial charge in [0.1, 0.15) is 0 Å². The molecule has 0 saturated carbocycles. The Kier molecular flexibility index (Phi) is 4.77. The fraction of sp³-hybridized carbons (Fsp3) is 0.455. The van der Waals surface area contributed by atoms with Crippen LogP contribution in [0.2, 0.25) is 0 Å². The molecule has 0 heterocycles. The van der Waals surface area contributed by atoms with Crippen LogP contribution in [0.15, 0.2) is 24.3 Å². The summed E-state index contributed by atoms with van der Waals surface area (Å²) in [5, 5.41) is 17.6. The Balaban J connectivity index is 2.95. The lowest BCUT2D eigenvalue weighted by Gasteiger charge is -2.23. The standard InChI is InChI=1S/C11H14F3NO2/c12-11(13,14)9-2-1-3-10(8-9)15(4-6-16)5-7-17/h1-3,8,16-17H,4-7H2. The van der Waals surface area contributed by atoms with Gasteiger partial charge in [-0.15, -0.1) is 0 Å². The first-order valence-corrected chi connectivity index (χ1v) is 5.13. The molecule has 0 aliphatic rings. The van der Waals surface area contributed by atoms with Crippen LogP contribution in [0.25, 0.3) is 0 Å². The van der Waals surface area contributed by atoms with E-state index in [9.17, 15) is 13.2 Å². The molecule has 0 amide bonds. The SMILES string of the molecule is OCCN(CCO)c1cccc(C(F)(F)F)c1. The summed E-state index contributed by atoms with van der Waals surface area (Å²) in [5.41, 5.74) is -0.404. The summed E-state index contributed by atoms with van der Waals surface area (Å²) < 4.78 is 37.5. The summed E-state index contributed by atoms with van der Waals surface area (Å²) in [4.78, 5) is 1.50. The first-order valence-electron chi connectivity index (χ1n) is 5.13. The van der Waals surface area contributed by atoms with E-state index in [2.05, 4.69) is 0 Å². The van der Waals surface area contributed by atoms with Gasteiger partial charge in [0.15, 0.2) is 0 Å². The number of hydrogen-bond acceptors (Lipinski definition) is 3. The van der Waals surface area contributed by atoms with Gasteiger partial charge in [-0.2, -0.15) is 13.2 Å². The van der Waals surface area contributed by atoms with Crippen molar-refractivity contribution >= 4 is 5.69 Å². The van der Waals surface area contributed by atoms with Gasteiger partial charge in [-0.1, -0.05) is 6.07 Å². The normalized spacial score (nSPS) is 11.6. The van der Waals surface area contributed by atoms with Crippen LogP contribution in [0.4, 0.5) is 18.9 Å². The highest BCUT2D eigenvalue weighted by molar-refractivity contribution is 5.49. The van der Waals surface area contributed by atoms with Crippen molar-refractivity contribution in [1.82, 2.24) is 0 Å². The molecule has 17 heavy (non-hydrogen) atoms. The molecule has 1 rings (SSSR count). The summed E-state index contributed by atoms with van der Waals surface area (Å²) in [6.07, 6.45) is -4.39. The van der Waals surface area contributed by atoms with E-state index in [0.29, 0.717) is 5.69 Å². The molecule has 1 aromatic rings. The number of rotatable bonds is 5. The predicted molar refractivity (Wildman–Crippen MR) is 57.8 cm³/mol. The van der Waals surface area contributed by atoms with Crippen LogP contribution in [-0.2, 0) is 6.18 Å². The largest absolute Gasteiger partial charge is 0.416 e. The van der Waals surface area contributed by atoms with Crippen molar-refractivity contribution < 1.29 is 23.4 Å². The van der Waals surface area contributed by atoms with Crippen molar-refractivity contribution in [2.75, 3.05) is 31.2 Å². The number of aliphatic hydroxyl groups excluding tert-OH is 2. The summed E-state index contributed by atoms with van der Waals surface area (Å²) in [6.45, 7) is -0.00374. The average Bonchev–Trinajstić information content (AvgIpc) is 2.28. The van der Waals surface area contributed by atoms with E-state index in [1.165, 1.54) is 17.0 Å². The Morgan fingerprint density at radius 1 is 1.06 bits per heavy atom. The molecule has 3 nitrogen and oxygen atoms in total. The average molecular weight is 249 g/mol. The fourth-order valence-electron chi connectivity index (χ4n) is 1.49. The molecule has 0 radical (unpaired) electrons. The number of hydrogen-bond donors (Lipinski definition) is 2. The van der Waals surface area contributed by atoms with Crippen LogP contribution in [0.1, 0.15) is 5.56 Å². The van der Waals surface area contributed by atoms with Crippen LogP contribution >= 0.6 is 0 Å². The Morgan fingerprint density at radius 3 is 2.12 bits per heavy atom. The van der Waals surface area contributed by atoms with Gasteiger partial charge < -0.3 is 15.1 Å². The van der Waals surface area contributed by atoms with E-state index in [0.717, 1.165) is 12.1 Å². The summed E-state index contributed by atoms with van der Waals surface area (Å²) in [5.74, 6) is 0. The van der Waals surface area contributed by atoms with Crippen LogP contribution in [-0.4, -0.2) is 36.5 Å². The number of nitrogens with zero attached hydrogens (tertiary/aromatic N) is 1. The van der Waals surface area contributed by atoms with Gasteiger partial charge in [0, 0.05) is 18.8 Å². The molecule has 0 unspecified atom stereocenters. The topological polar surface area (TPSA) is 43.7 Å². The lowest BCUT2D eigenvalue weighted by atomic mass is 10.2. The van der Waals surface area contributed by atoms with Crippen molar-refractivity contribution in [2.45, 2.75) is 6.18 Å². The van der Waals surface area contributed by atoms with Crippen molar-refractivity contribution in [3.63, 3.8) is 0 Å². The third-order valence-electron chi connectivity index (χ3n) is 2.28. The van der Waals surface area contributed by atoms with Crippen LogP contribution < -0.4 is 4.90 Å². The number of anilines is 1. The van der Waals surface area contributed by atoms with E-state index in [4.69, 9.17) is 10.2 Å². The van der Waals surface area contributed by atoms with Gasteiger partial charge in [-0.25, -0.2) is 0 Å². The molecule has 6 heteroatoms. The van der Waals surface area contributed by atoms with Crippen LogP contribution in [0.5, 0.6) is 0 Å². The minimum atomic E-state index is -4.39. The zero-order valence-electron chi connectivity index (χ0n) is 9.11. The molecular weight excluding hydrogens is 235 g/mol. The Bertz CT molecular complexity index is 349. The van der Waals surface area contributed by atoms with Crippen molar-refractivity contribution in [2.24, 2.45) is 0 Å². The first kappa shape index (κ1) is 13.8. The fourth-order valence-corrected chi connectivity index (χ4v) is 1.49. The Labute approximate surface area is 97.1 Å². The van der Waals surface area contributed by atoms with E-state index in [1.807, 2.05) is 0 Å². The zero-order valence-corrected chi connectivity index (χ0v) is 9.11. The van der Waals surface area contributed by atoms with Crippen LogP contribution in [0, 0.1) is 0 Å². The number of aliphatic hydroxyl groups is 2. The second-order valence-corrected chi connectivity index (χ2v) is 3.48. The molecular formula is C11H14F3NO2. The van der Waals surface area contributed by atoms with Gasteiger partial charge in [0.05, 0.1) is 18.8 Å². The van der Waals surface area contributed by atoms with Crippen molar-refractivity contribution in [3.05, 3.63) is 29.8 Å². The third-order valence-corrected chi connectivity index (χ3v) is 2.28. The smallest absolute Gasteiger partial charge is 0.395 e. The maximum Gasteiger partial charge on any atom is 0.416 e. The van der Waals surface area contributed by atoms with E-state index in [1.54, 1.807) is 0 Å². The highest BCUT2D eigenvalue weighted by atomic mass is 19.4. The molecule has 0 saturated heterocycles. The van der Waals surface area contributed by atoms with Gasteiger partial charge in [0.25, 0.3) is 0 Å². The Morgan fingerprint density at radius 2 is 1.65 bits per heavy atom. The maximum atomic E-state index is 12.5. The third kappa shape index (κ3) is 3.90. The van der Waals surface area contributed by atoms with E-state index < -0.39 is 11.7 Å². The van der Waals surface area contributed by atoms with E-state index in [-0.39, 0.29) is 26.3 Å². The minimum Gasteiger partial charge on any atom is -0.395 e. The quantitative estimate of drug-likeness (QED) is 0.831. The zero-order chi connectivity index (χ0) is 12.9. The van der Waals surface area contributed by atoms with Gasteiger partial charge in [0.2, 0.25) is 0 Å².